The van der Waals surface area contributed by atoms with Crippen molar-refractivity contribution in [3.05, 3.63) is 62.5 Å². The van der Waals surface area contributed by atoms with E-state index in [-0.39, 0.29) is 11.4 Å². The highest BCUT2D eigenvalue weighted by Gasteiger charge is 2.41. The summed E-state index contributed by atoms with van der Waals surface area (Å²) >= 11 is 5.54. The standard InChI is InChI=1S/C14H9ClF3NO3/c1-7-9(13(21)22)10(14(16,17)18)11(15)12(20)19(7)8-5-3-2-4-6-8/h2-6H,1H3,(H,21,22). The largest absolute Gasteiger partial charge is 0.478 e. The van der Waals surface area contributed by atoms with Gasteiger partial charge in [0.05, 0.1) is 11.1 Å². The van der Waals surface area contributed by atoms with Crippen molar-refractivity contribution in [2.45, 2.75) is 13.1 Å². The number of hydrogen-bond donors (Lipinski definition) is 1. The zero-order chi connectivity index (χ0) is 16.7. The van der Waals surface area contributed by atoms with E-state index in [1.807, 2.05) is 0 Å². The third-order valence-corrected chi connectivity index (χ3v) is 3.42. The van der Waals surface area contributed by atoms with Crippen molar-refractivity contribution in [1.82, 2.24) is 4.57 Å². The van der Waals surface area contributed by atoms with Crippen LogP contribution in [0, 0.1) is 6.92 Å². The first-order valence-corrected chi connectivity index (χ1v) is 6.35. The SMILES string of the molecule is Cc1c(C(=O)O)c(C(F)(F)F)c(Cl)c(=O)n1-c1ccccc1. The number of aromatic carboxylic acids is 1. The summed E-state index contributed by atoms with van der Waals surface area (Å²) in [4.78, 5) is 23.4. The van der Waals surface area contributed by atoms with Crippen LogP contribution >= 0.6 is 11.6 Å². The number of carbonyl (C=O) groups is 1. The topological polar surface area (TPSA) is 59.3 Å². The Balaban J connectivity index is 2.98. The maximum absolute atomic E-state index is 13.1. The van der Waals surface area contributed by atoms with E-state index in [1.54, 1.807) is 18.2 Å². The second kappa shape index (κ2) is 5.49. The number of benzene rings is 1. The molecule has 0 aliphatic heterocycles. The predicted molar refractivity (Wildman–Crippen MR) is 73.7 cm³/mol. The summed E-state index contributed by atoms with van der Waals surface area (Å²) in [6, 6.07) is 7.70. The molecule has 0 bridgehead atoms. The van der Waals surface area contributed by atoms with Gasteiger partial charge < -0.3 is 5.11 Å². The van der Waals surface area contributed by atoms with E-state index < -0.39 is 33.9 Å². The summed E-state index contributed by atoms with van der Waals surface area (Å²) < 4.78 is 40.1. The van der Waals surface area contributed by atoms with Gasteiger partial charge in [-0.05, 0) is 19.1 Å². The minimum atomic E-state index is -5.05. The molecule has 116 valence electrons. The third-order valence-electron chi connectivity index (χ3n) is 3.07. The summed E-state index contributed by atoms with van der Waals surface area (Å²) in [5.41, 5.74) is -3.91. The van der Waals surface area contributed by atoms with E-state index in [4.69, 9.17) is 16.7 Å². The molecule has 0 amide bonds. The van der Waals surface area contributed by atoms with Crippen molar-refractivity contribution >= 4 is 17.6 Å². The molecule has 2 aromatic rings. The molecule has 4 nitrogen and oxygen atoms in total. The molecule has 1 aromatic heterocycles. The summed E-state index contributed by atoms with van der Waals surface area (Å²) in [5.74, 6) is -1.81. The Morgan fingerprint density at radius 2 is 1.77 bits per heavy atom. The molecule has 0 aliphatic carbocycles. The molecule has 0 radical (unpaired) electrons. The highest BCUT2D eigenvalue weighted by atomic mass is 35.5. The van der Waals surface area contributed by atoms with E-state index >= 15 is 0 Å². The molecular formula is C14H9ClF3NO3. The van der Waals surface area contributed by atoms with E-state index in [0.717, 1.165) is 11.5 Å². The third kappa shape index (κ3) is 2.59. The molecule has 22 heavy (non-hydrogen) atoms. The highest BCUT2D eigenvalue weighted by Crippen LogP contribution is 2.37. The Bertz CT molecular complexity index is 798. The van der Waals surface area contributed by atoms with E-state index in [0.29, 0.717) is 0 Å². The van der Waals surface area contributed by atoms with Crippen LogP contribution in [0.5, 0.6) is 0 Å². The van der Waals surface area contributed by atoms with Crippen LogP contribution < -0.4 is 5.56 Å². The van der Waals surface area contributed by atoms with Crippen molar-refractivity contribution in [3.8, 4) is 5.69 Å². The molecule has 0 aliphatic rings. The van der Waals surface area contributed by atoms with Crippen LogP contribution in [0.25, 0.3) is 5.69 Å². The number of pyridine rings is 1. The molecule has 1 aromatic carbocycles. The minimum Gasteiger partial charge on any atom is -0.478 e. The number of carboxylic acid groups (broad SMARTS) is 1. The minimum absolute atomic E-state index is 0.225. The molecular weight excluding hydrogens is 323 g/mol. The van der Waals surface area contributed by atoms with Gasteiger partial charge in [-0.2, -0.15) is 13.2 Å². The molecule has 0 fully saturated rings. The normalized spacial score (nSPS) is 11.5. The monoisotopic (exact) mass is 331 g/mol. The van der Waals surface area contributed by atoms with Crippen LogP contribution in [0.15, 0.2) is 35.1 Å². The lowest BCUT2D eigenvalue weighted by atomic mass is 10.1. The Kier molecular flexibility index (Phi) is 4.02. The average Bonchev–Trinajstić information content (AvgIpc) is 2.42. The maximum Gasteiger partial charge on any atom is 0.418 e. The zero-order valence-corrected chi connectivity index (χ0v) is 11.9. The number of hydrogen-bond acceptors (Lipinski definition) is 2. The van der Waals surface area contributed by atoms with Crippen molar-refractivity contribution in [2.75, 3.05) is 0 Å². The quantitative estimate of drug-likeness (QED) is 0.916. The van der Waals surface area contributed by atoms with E-state index in [1.165, 1.54) is 12.1 Å². The van der Waals surface area contributed by atoms with Crippen molar-refractivity contribution in [1.29, 1.82) is 0 Å². The lowest BCUT2D eigenvalue weighted by molar-refractivity contribution is -0.138. The zero-order valence-electron chi connectivity index (χ0n) is 11.1. The highest BCUT2D eigenvalue weighted by molar-refractivity contribution is 6.31. The molecule has 0 saturated carbocycles. The van der Waals surface area contributed by atoms with Crippen molar-refractivity contribution < 1.29 is 23.1 Å². The molecule has 0 saturated heterocycles. The summed E-state index contributed by atoms with van der Waals surface area (Å²) in [6.45, 7) is 1.13. The lowest BCUT2D eigenvalue weighted by Gasteiger charge is -2.18. The van der Waals surface area contributed by atoms with Crippen LogP contribution in [-0.4, -0.2) is 15.6 Å². The molecule has 0 unspecified atom stereocenters. The van der Waals surface area contributed by atoms with Crippen LogP contribution in [-0.2, 0) is 6.18 Å². The van der Waals surface area contributed by atoms with Crippen LogP contribution in [0.1, 0.15) is 21.6 Å². The number of alkyl halides is 3. The van der Waals surface area contributed by atoms with Gasteiger partial charge in [0.25, 0.3) is 5.56 Å². The van der Waals surface area contributed by atoms with Crippen LogP contribution in [0.2, 0.25) is 5.02 Å². The summed E-state index contributed by atoms with van der Waals surface area (Å²) in [7, 11) is 0. The first-order chi connectivity index (χ1) is 10.2. The van der Waals surface area contributed by atoms with Gasteiger partial charge >= 0.3 is 12.1 Å². The van der Waals surface area contributed by atoms with Gasteiger partial charge in [-0.15, -0.1) is 0 Å². The van der Waals surface area contributed by atoms with E-state index in [9.17, 15) is 22.8 Å². The fourth-order valence-corrected chi connectivity index (χ4v) is 2.46. The molecule has 8 heteroatoms. The maximum atomic E-state index is 13.1. The predicted octanol–water partition coefficient (Wildman–Crippen LogP) is 3.52. The molecule has 1 heterocycles. The number of halogens is 4. The number of carboxylic acids is 1. The Hall–Kier alpha value is -2.28. The Morgan fingerprint density at radius 1 is 1.23 bits per heavy atom. The summed E-state index contributed by atoms with van der Waals surface area (Å²) in [5, 5.41) is 7.96. The van der Waals surface area contributed by atoms with Crippen molar-refractivity contribution in [3.63, 3.8) is 0 Å². The van der Waals surface area contributed by atoms with Gasteiger partial charge in [-0.25, -0.2) is 4.79 Å². The number of rotatable bonds is 2. The first kappa shape index (κ1) is 16.1. The molecule has 0 spiro atoms. The lowest BCUT2D eigenvalue weighted by Crippen LogP contribution is -2.29. The molecule has 2 rings (SSSR count). The average molecular weight is 332 g/mol. The van der Waals surface area contributed by atoms with E-state index in [2.05, 4.69) is 0 Å². The smallest absolute Gasteiger partial charge is 0.418 e. The van der Waals surface area contributed by atoms with Gasteiger partial charge in [-0.1, -0.05) is 29.8 Å². The fourth-order valence-electron chi connectivity index (χ4n) is 2.18. The van der Waals surface area contributed by atoms with Gasteiger partial charge in [-0.3, -0.25) is 9.36 Å². The van der Waals surface area contributed by atoms with Gasteiger partial charge in [0.1, 0.15) is 5.02 Å². The second-order valence-corrected chi connectivity index (χ2v) is 4.81. The number of aromatic nitrogens is 1. The Morgan fingerprint density at radius 3 is 2.23 bits per heavy atom. The first-order valence-electron chi connectivity index (χ1n) is 5.97. The molecule has 1 N–H and O–H groups in total. The number of para-hydroxylation sites is 1. The van der Waals surface area contributed by atoms with Crippen LogP contribution in [0.4, 0.5) is 13.2 Å². The number of nitrogens with zero attached hydrogens (tertiary/aromatic N) is 1. The summed E-state index contributed by atoms with van der Waals surface area (Å²) in [6.07, 6.45) is -5.05. The van der Waals surface area contributed by atoms with Crippen molar-refractivity contribution in [2.24, 2.45) is 0 Å². The Labute approximate surface area is 127 Å². The fraction of sp³-hybridized carbons (Fsp3) is 0.143. The van der Waals surface area contributed by atoms with Crippen LogP contribution in [0.3, 0.4) is 0 Å². The van der Waals surface area contributed by atoms with Gasteiger partial charge in [0.15, 0.2) is 0 Å². The van der Waals surface area contributed by atoms with Gasteiger partial charge in [0, 0.05) is 11.4 Å². The second-order valence-electron chi connectivity index (χ2n) is 4.43. The molecule has 0 atom stereocenters. The van der Waals surface area contributed by atoms with Gasteiger partial charge in [0.2, 0.25) is 0 Å².